The lowest BCUT2D eigenvalue weighted by Crippen LogP contribution is -2.52. The van der Waals surface area contributed by atoms with Gasteiger partial charge in [0.2, 0.25) is 5.91 Å². The second-order valence-corrected chi connectivity index (χ2v) is 6.17. The molecule has 1 aliphatic carbocycles. The molecule has 20 heavy (non-hydrogen) atoms. The third-order valence-corrected chi connectivity index (χ3v) is 4.95. The third-order valence-electron chi connectivity index (χ3n) is 4.95. The van der Waals surface area contributed by atoms with E-state index in [4.69, 9.17) is 5.73 Å². The lowest BCUT2D eigenvalue weighted by molar-refractivity contribution is -0.139. The number of hydrogen-bond acceptors (Lipinski definition) is 2. The number of carbonyl (C=O) groups excluding carboxylic acids is 1. The largest absolute Gasteiger partial charge is 0.338 e. The Balaban J connectivity index is 1.75. The fourth-order valence-corrected chi connectivity index (χ4v) is 3.88. The van der Waals surface area contributed by atoms with Crippen molar-refractivity contribution >= 4 is 5.91 Å². The van der Waals surface area contributed by atoms with Crippen molar-refractivity contribution in [1.82, 2.24) is 4.90 Å². The number of piperidine rings is 1. The van der Waals surface area contributed by atoms with Gasteiger partial charge in [-0.1, -0.05) is 43.2 Å². The zero-order valence-corrected chi connectivity index (χ0v) is 12.0. The summed E-state index contributed by atoms with van der Waals surface area (Å²) in [6.07, 6.45) is 7.45. The predicted octanol–water partition coefficient (Wildman–Crippen LogP) is 2.87. The molecule has 2 aliphatic rings. The van der Waals surface area contributed by atoms with Gasteiger partial charge in [-0.2, -0.15) is 0 Å². The van der Waals surface area contributed by atoms with Crippen LogP contribution in [0.25, 0.3) is 0 Å². The summed E-state index contributed by atoms with van der Waals surface area (Å²) in [5.74, 6) is 0.831. The number of likely N-dealkylation sites (tertiary alicyclic amines) is 1. The number of amides is 1. The minimum atomic E-state index is -0.503. The first-order valence-electron chi connectivity index (χ1n) is 7.88. The summed E-state index contributed by atoms with van der Waals surface area (Å²) < 4.78 is 0. The molecule has 3 nitrogen and oxygen atoms in total. The molecule has 3 rings (SSSR count). The van der Waals surface area contributed by atoms with E-state index in [0.717, 1.165) is 24.9 Å². The molecule has 3 atom stereocenters. The van der Waals surface area contributed by atoms with Crippen LogP contribution in [0.1, 0.15) is 50.1 Å². The molecule has 1 amide bonds. The Bertz CT molecular complexity index is 457. The first kappa shape index (κ1) is 13.6. The monoisotopic (exact) mass is 272 g/mol. The third kappa shape index (κ3) is 2.59. The Morgan fingerprint density at radius 2 is 1.80 bits per heavy atom. The average molecular weight is 272 g/mol. The Morgan fingerprint density at radius 1 is 1.10 bits per heavy atom. The summed E-state index contributed by atoms with van der Waals surface area (Å²) in [7, 11) is 0. The van der Waals surface area contributed by atoms with Gasteiger partial charge in [0.15, 0.2) is 0 Å². The zero-order valence-electron chi connectivity index (χ0n) is 12.0. The van der Waals surface area contributed by atoms with Crippen LogP contribution in [0.5, 0.6) is 0 Å². The van der Waals surface area contributed by atoms with Crippen LogP contribution >= 0.6 is 0 Å². The number of fused-ring (bicyclic) bond motifs is 1. The number of carbonyl (C=O) groups is 1. The summed E-state index contributed by atoms with van der Waals surface area (Å²) in [5.41, 5.74) is 7.13. The van der Waals surface area contributed by atoms with Gasteiger partial charge < -0.3 is 10.6 Å². The molecule has 108 valence electrons. The lowest BCUT2D eigenvalue weighted by Gasteiger charge is -2.45. The van der Waals surface area contributed by atoms with E-state index in [-0.39, 0.29) is 5.91 Å². The standard InChI is InChI=1S/C17H24N2O/c18-16(14-8-2-1-3-9-14)17(20)19-12-6-10-13-7-4-5-11-15(13)19/h1-3,8-9,13,15-16H,4-7,10-12,18H2. The molecular weight excluding hydrogens is 248 g/mol. The van der Waals surface area contributed by atoms with Crippen LogP contribution in [0.3, 0.4) is 0 Å². The van der Waals surface area contributed by atoms with Gasteiger partial charge in [-0.3, -0.25) is 4.79 Å². The molecule has 3 heteroatoms. The highest BCUT2D eigenvalue weighted by molar-refractivity contribution is 5.83. The van der Waals surface area contributed by atoms with Gasteiger partial charge in [0.25, 0.3) is 0 Å². The molecule has 0 radical (unpaired) electrons. The Hall–Kier alpha value is -1.35. The van der Waals surface area contributed by atoms with E-state index in [9.17, 15) is 4.79 Å². The molecular formula is C17H24N2O. The van der Waals surface area contributed by atoms with Crippen LogP contribution in [0.2, 0.25) is 0 Å². The fraction of sp³-hybridized carbons (Fsp3) is 0.588. The molecule has 1 saturated carbocycles. The van der Waals surface area contributed by atoms with E-state index in [1.165, 1.54) is 25.7 Å². The first-order valence-corrected chi connectivity index (χ1v) is 7.88. The van der Waals surface area contributed by atoms with Crippen LogP contribution in [-0.2, 0) is 4.79 Å². The van der Waals surface area contributed by atoms with Gasteiger partial charge in [-0.05, 0) is 37.2 Å². The highest BCUT2D eigenvalue weighted by atomic mass is 16.2. The molecule has 1 heterocycles. The zero-order chi connectivity index (χ0) is 13.9. The molecule has 1 saturated heterocycles. The SMILES string of the molecule is NC(C(=O)N1CCCC2CCCCC21)c1ccccc1. The average Bonchev–Trinajstić information content (AvgIpc) is 2.54. The van der Waals surface area contributed by atoms with E-state index in [2.05, 4.69) is 4.90 Å². The molecule has 2 fully saturated rings. The molecule has 2 N–H and O–H groups in total. The highest BCUT2D eigenvalue weighted by Crippen LogP contribution is 2.36. The molecule has 0 aromatic heterocycles. The normalized spacial score (nSPS) is 27.8. The van der Waals surface area contributed by atoms with E-state index >= 15 is 0 Å². The number of hydrogen-bond donors (Lipinski definition) is 1. The summed E-state index contributed by atoms with van der Waals surface area (Å²) in [5, 5.41) is 0. The minimum absolute atomic E-state index is 0.118. The topological polar surface area (TPSA) is 46.3 Å². The summed E-state index contributed by atoms with van der Waals surface area (Å²) in [4.78, 5) is 14.8. The van der Waals surface area contributed by atoms with Crippen LogP contribution < -0.4 is 5.73 Å². The molecule has 0 bridgehead atoms. The van der Waals surface area contributed by atoms with E-state index in [1.807, 2.05) is 30.3 Å². The molecule has 1 aromatic carbocycles. The number of benzene rings is 1. The van der Waals surface area contributed by atoms with Crippen molar-refractivity contribution < 1.29 is 4.79 Å². The van der Waals surface area contributed by atoms with Crippen molar-refractivity contribution in [3.8, 4) is 0 Å². The number of nitrogens with two attached hydrogens (primary N) is 1. The van der Waals surface area contributed by atoms with Crippen LogP contribution in [0.15, 0.2) is 30.3 Å². The smallest absolute Gasteiger partial charge is 0.244 e. The summed E-state index contributed by atoms with van der Waals surface area (Å²) in [6, 6.07) is 9.69. The van der Waals surface area contributed by atoms with Crippen LogP contribution in [0, 0.1) is 5.92 Å². The second-order valence-electron chi connectivity index (χ2n) is 6.17. The van der Waals surface area contributed by atoms with Gasteiger partial charge in [0.1, 0.15) is 6.04 Å². The predicted molar refractivity (Wildman–Crippen MR) is 80.1 cm³/mol. The minimum Gasteiger partial charge on any atom is -0.338 e. The van der Waals surface area contributed by atoms with Crippen LogP contribution in [-0.4, -0.2) is 23.4 Å². The van der Waals surface area contributed by atoms with Gasteiger partial charge in [-0.15, -0.1) is 0 Å². The van der Waals surface area contributed by atoms with E-state index < -0.39 is 6.04 Å². The van der Waals surface area contributed by atoms with Crippen molar-refractivity contribution in [2.75, 3.05) is 6.54 Å². The van der Waals surface area contributed by atoms with Crippen molar-refractivity contribution in [1.29, 1.82) is 0 Å². The maximum absolute atomic E-state index is 12.8. The van der Waals surface area contributed by atoms with Gasteiger partial charge in [-0.25, -0.2) is 0 Å². The van der Waals surface area contributed by atoms with E-state index in [0.29, 0.717) is 12.0 Å². The molecule has 3 unspecified atom stereocenters. The summed E-state index contributed by atoms with van der Waals surface area (Å²) >= 11 is 0. The van der Waals surface area contributed by atoms with Crippen molar-refractivity contribution in [3.05, 3.63) is 35.9 Å². The van der Waals surface area contributed by atoms with Gasteiger partial charge in [0, 0.05) is 12.6 Å². The molecule has 1 aliphatic heterocycles. The molecule has 0 spiro atoms. The number of rotatable bonds is 2. The number of nitrogens with zero attached hydrogens (tertiary/aromatic N) is 1. The maximum Gasteiger partial charge on any atom is 0.244 e. The van der Waals surface area contributed by atoms with Gasteiger partial charge >= 0.3 is 0 Å². The quantitative estimate of drug-likeness (QED) is 0.900. The maximum atomic E-state index is 12.8. The van der Waals surface area contributed by atoms with Gasteiger partial charge in [0.05, 0.1) is 0 Å². The Labute approximate surface area is 121 Å². The Morgan fingerprint density at radius 3 is 2.60 bits per heavy atom. The summed E-state index contributed by atoms with van der Waals surface area (Å²) in [6.45, 7) is 0.889. The highest BCUT2D eigenvalue weighted by Gasteiger charge is 2.37. The van der Waals surface area contributed by atoms with E-state index in [1.54, 1.807) is 0 Å². The fourth-order valence-electron chi connectivity index (χ4n) is 3.88. The lowest BCUT2D eigenvalue weighted by atomic mass is 9.78. The first-order chi connectivity index (χ1) is 9.77. The van der Waals surface area contributed by atoms with Crippen molar-refractivity contribution in [2.24, 2.45) is 11.7 Å². The van der Waals surface area contributed by atoms with Crippen molar-refractivity contribution in [2.45, 2.75) is 50.6 Å². The Kier molecular flexibility index (Phi) is 4.06. The second kappa shape index (κ2) is 5.96. The molecule has 1 aromatic rings. The van der Waals surface area contributed by atoms with Crippen LogP contribution in [0.4, 0.5) is 0 Å². The van der Waals surface area contributed by atoms with Crippen molar-refractivity contribution in [3.63, 3.8) is 0 Å².